The van der Waals surface area contributed by atoms with Crippen LogP contribution in [-0.2, 0) is 16.1 Å². The quantitative estimate of drug-likeness (QED) is 0.679. The highest BCUT2D eigenvalue weighted by molar-refractivity contribution is 7.17. The predicted molar refractivity (Wildman–Crippen MR) is 100 cm³/mol. The average Bonchev–Trinajstić information content (AvgIpc) is 3.39. The number of alkyl halides is 1. The molecule has 0 N–H and O–H groups in total. The Morgan fingerprint density at radius 3 is 3.15 bits per heavy atom. The zero-order valence-electron chi connectivity index (χ0n) is 14.9. The summed E-state index contributed by atoms with van der Waals surface area (Å²) in [6, 6.07) is 5.94. The van der Waals surface area contributed by atoms with Crippen molar-refractivity contribution < 1.29 is 13.9 Å². The number of nitrogens with zero attached hydrogens (tertiary/aromatic N) is 4. The molecule has 0 aliphatic carbocycles. The van der Waals surface area contributed by atoms with Crippen molar-refractivity contribution in [2.45, 2.75) is 31.6 Å². The molecular weight excluding hydrogens is 367 g/mol. The standard InChI is InChI=1S/C19H19FN4O2S/c1-12-9-23(18(25)19(20)4-6-26-11-19)10-13-8-16(22-24(12)13)14-2-5-21-15-3-7-27-17(14)15/h2-3,5,7-8,12H,4,6,9-11H2,1H3/t12-,19?/m0/s1. The first-order chi connectivity index (χ1) is 13.0. The molecule has 1 amide bonds. The molecule has 0 spiro atoms. The third kappa shape index (κ3) is 2.66. The summed E-state index contributed by atoms with van der Waals surface area (Å²) in [5.41, 5.74) is 1.88. The molecule has 27 heavy (non-hydrogen) atoms. The van der Waals surface area contributed by atoms with Gasteiger partial charge >= 0.3 is 0 Å². The second-order valence-electron chi connectivity index (χ2n) is 7.26. The van der Waals surface area contributed by atoms with Crippen LogP contribution in [0.5, 0.6) is 0 Å². The maximum absolute atomic E-state index is 14.9. The van der Waals surface area contributed by atoms with Crippen LogP contribution in [0.3, 0.4) is 0 Å². The second kappa shape index (κ2) is 6.10. The van der Waals surface area contributed by atoms with E-state index in [0.29, 0.717) is 19.7 Å². The van der Waals surface area contributed by atoms with Crippen molar-refractivity contribution in [1.82, 2.24) is 19.7 Å². The van der Waals surface area contributed by atoms with Crippen molar-refractivity contribution in [2.75, 3.05) is 19.8 Å². The fourth-order valence-corrected chi connectivity index (χ4v) is 4.82. The van der Waals surface area contributed by atoms with E-state index in [4.69, 9.17) is 9.84 Å². The molecule has 1 saturated heterocycles. The Morgan fingerprint density at radius 1 is 1.44 bits per heavy atom. The molecule has 2 atom stereocenters. The van der Waals surface area contributed by atoms with Gasteiger partial charge < -0.3 is 9.64 Å². The first kappa shape index (κ1) is 16.8. The van der Waals surface area contributed by atoms with E-state index in [1.807, 2.05) is 35.2 Å². The number of amides is 1. The van der Waals surface area contributed by atoms with Gasteiger partial charge in [0.1, 0.15) is 0 Å². The molecule has 0 saturated carbocycles. The number of hydrogen-bond acceptors (Lipinski definition) is 5. The maximum atomic E-state index is 14.9. The van der Waals surface area contributed by atoms with E-state index in [9.17, 15) is 9.18 Å². The zero-order chi connectivity index (χ0) is 18.6. The average molecular weight is 386 g/mol. The number of hydrogen-bond donors (Lipinski definition) is 0. The number of carbonyl (C=O) groups is 1. The molecule has 2 aliphatic heterocycles. The molecule has 0 aromatic carbocycles. The summed E-state index contributed by atoms with van der Waals surface area (Å²) >= 11 is 1.64. The first-order valence-corrected chi connectivity index (χ1v) is 9.90. The van der Waals surface area contributed by atoms with Crippen molar-refractivity contribution in [3.05, 3.63) is 35.5 Å². The third-order valence-electron chi connectivity index (χ3n) is 5.33. The molecule has 0 bridgehead atoms. The molecule has 2 aliphatic rings. The summed E-state index contributed by atoms with van der Waals surface area (Å²) in [4.78, 5) is 18.7. The highest BCUT2D eigenvalue weighted by atomic mass is 32.1. The number of carbonyl (C=O) groups excluding carboxylic acids is 1. The maximum Gasteiger partial charge on any atom is 0.263 e. The molecule has 6 nitrogen and oxygen atoms in total. The lowest BCUT2D eigenvalue weighted by atomic mass is 10.0. The normalized spacial score (nSPS) is 25.1. The van der Waals surface area contributed by atoms with Crippen molar-refractivity contribution >= 4 is 27.5 Å². The first-order valence-electron chi connectivity index (χ1n) is 9.02. The van der Waals surface area contributed by atoms with Gasteiger partial charge in [0.05, 0.1) is 47.4 Å². The van der Waals surface area contributed by atoms with Crippen molar-refractivity contribution in [1.29, 1.82) is 0 Å². The van der Waals surface area contributed by atoms with E-state index in [0.717, 1.165) is 27.2 Å². The zero-order valence-corrected chi connectivity index (χ0v) is 15.7. The largest absolute Gasteiger partial charge is 0.377 e. The topological polar surface area (TPSA) is 60.3 Å². The highest BCUT2D eigenvalue weighted by Crippen LogP contribution is 2.34. The number of rotatable bonds is 2. The Hall–Kier alpha value is -2.32. The van der Waals surface area contributed by atoms with Crippen LogP contribution in [0.4, 0.5) is 4.39 Å². The molecule has 5 rings (SSSR count). The number of fused-ring (bicyclic) bond motifs is 2. The molecule has 140 valence electrons. The van der Waals surface area contributed by atoms with Crippen molar-refractivity contribution in [3.8, 4) is 11.3 Å². The lowest BCUT2D eigenvalue weighted by molar-refractivity contribution is -0.146. The van der Waals surface area contributed by atoms with E-state index in [2.05, 4.69) is 4.98 Å². The summed E-state index contributed by atoms with van der Waals surface area (Å²) in [6.45, 7) is 2.97. The number of ether oxygens (including phenoxy) is 1. The van der Waals surface area contributed by atoms with Gasteiger partial charge in [0.2, 0.25) is 5.67 Å². The minimum atomic E-state index is -1.89. The van der Waals surface area contributed by atoms with Crippen LogP contribution in [0.1, 0.15) is 25.1 Å². The Morgan fingerprint density at radius 2 is 2.33 bits per heavy atom. The van der Waals surface area contributed by atoms with Gasteiger partial charge in [-0.1, -0.05) is 0 Å². The van der Waals surface area contributed by atoms with Gasteiger partial charge in [-0.3, -0.25) is 14.5 Å². The van der Waals surface area contributed by atoms with E-state index in [1.165, 1.54) is 0 Å². The van der Waals surface area contributed by atoms with Crippen LogP contribution in [0.25, 0.3) is 21.5 Å². The molecule has 3 aromatic heterocycles. The number of aromatic nitrogens is 3. The SMILES string of the molecule is C[C@H]1CN(C(=O)C2(F)CCOC2)Cc2cc(-c3ccnc4ccsc34)nn21. The van der Waals surface area contributed by atoms with Gasteiger partial charge in [-0.05, 0) is 30.5 Å². The predicted octanol–water partition coefficient (Wildman–Crippen LogP) is 3.19. The minimum absolute atomic E-state index is 0.0157. The highest BCUT2D eigenvalue weighted by Gasteiger charge is 2.46. The van der Waals surface area contributed by atoms with Gasteiger partial charge in [-0.15, -0.1) is 11.3 Å². The van der Waals surface area contributed by atoms with Gasteiger partial charge in [0, 0.05) is 24.7 Å². The van der Waals surface area contributed by atoms with Gasteiger partial charge in [0.15, 0.2) is 0 Å². The smallest absolute Gasteiger partial charge is 0.263 e. The van der Waals surface area contributed by atoms with Gasteiger partial charge in [-0.25, -0.2) is 4.39 Å². The molecule has 8 heteroatoms. The van der Waals surface area contributed by atoms with Crippen LogP contribution in [-0.4, -0.2) is 51.0 Å². The van der Waals surface area contributed by atoms with E-state index >= 15 is 0 Å². The number of pyridine rings is 1. The van der Waals surface area contributed by atoms with Crippen LogP contribution in [0.2, 0.25) is 0 Å². The van der Waals surface area contributed by atoms with Crippen LogP contribution >= 0.6 is 11.3 Å². The van der Waals surface area contributed by atoms with E-state index in [-0.39, 0.29) is 19.1 Å². The fraction of sp³-hybridized carbons (Fsp3) is 0.421. The summed E-state index contributed by atoms with van der Waals surface area (Å²) in [5, 5.41) is 6.80. The fourth-order valence-electron chi connectivity index (χ4n) is 3.94. The Balaban J connectivity index is 1.49. The molecule has 5 heterocycles. The molecule has 1 unspecified atom stereocenters. The molecular formula is C19H19FN4O2S. The lowest BCUT2D eigenvalue weighted by Gasteiger charge is -2.35. The van der Waals surface area contributed by atoms with Crippen LogP contribution in [0.15, 0.2) is 29.8 Å². The van der Waals surface area contributed by atoms with E-state index in [1.54, 1.807) is 22.4 Å². The Bertz CT molecular complexity index is 1020. The summed E-state index contributed by atoms with van der Waals surface area (Å²) in [7, 11) is 0. The third-order valence-corrected chi connectivity index (χ3v) is 6.27. The van der Waals surface area contributed by atoms with Gasteiger partial charge in [-0.2, -0.15) is 5.10 Å². The van der Waals surface area contributed by atoms with Crippen LogP contribution < -0.4 is 0 Å². The van der Waals surface area contributed by atoms with E-state index < -0.39 is 11.6 Å². The number of thiophene rings is 1. The molecule has 0 radical (unpaired) electrons. The number of halogens is 1. The van der Waals surface area contributed by atoms with Gasteiger partial charge in [0.25, 0.3) is 5.91 Å². The monoisotopic (exact) mass is 386 g/mol. The Kier molecular flexibility index (Phi) is 3.80. The summed E-state index contributed by atoms with van der Waals surface area (Å²) < 4.78 is 23.0. The molecule has 3 aromatic rings. The van der Waals surface area contributed by atoms with Crippen molar-refractivity contribution in [3.63, 3.8) is 0 Å². The minimum Gasteiger partial charge on any atom is -0.377 e. The van der Waals surface area contributed by atoms with Crippen molar-refractivity contribution in [2.24, 2.45) is 0 Å². The van der Waals surface area contributed by atoms with Crippen LogP contribution in [0, 0.1) is 0 Å². The summed E-state index contributed by atoms with van der Waals surface area (Å²) in [6.07, 6.45) is 1.92. The summed E-state index contributed by atoms with van der Waals surface area (Å²) in [5.74, 6) is -0.467. The Labute approximate surface area is 159 Å². The second-order valence-corrected chi connectivity index (χ2v) is 8.18. The lowest BCUT2D eigenvalue weighted by Crippen LogP contribution is -2.50. The molecule has 1 fully saturated rings.